The molecule has 1 saturated carbocycles. The molecule has 3 atom stereocenters. The second-order valence-corrected chi connectivity index (χ2v) is 7.87. The summed E-state index contributed by atoms with van der Waals surface area (Å²) in [7, 11) is 0. The van der Waals surface area contributed by atoms with E-state index in [9.17, 15) is 0 Å². The molecule has 1 aliphatic heterocycles. The van der Waals surface area contributed by atoms with Gasteiger partial charge in [-0.25, -0.2) is 4.98 Å². The lowest BCUT2D eigenvalue weighted by Gasteiger charge is -2.39. The minimum Gasteiger partial charge on any atom is -0.357 e. The summed E-state index contributed by atoms with van der Waals surface area (Å²) in [6.45, 7) is 13.2. The fourth-order valence-corrected chi connectivity index (χ4v) is 3.61. The third kappa shape index (κ3) is 3.70. The summed E-state index contributed by atoms with van der Waals surface area (Å²) in [6.07, 6.45) is 8.41. The van der Waals surface area contributed by atoms with Gasteiger partial charge in [-0.2, -0.15) is 0 Å². The van der Waals surface area contributed by atoms with Gasteiger partial charge in [-0.05, 0) is 37.0 Å². The molecule has 0 radical (unpaired) electrons. The number of nitrogens with one attached hydrogen (secondary N) is 1. The van der Waals surface area contributed by atoms with E-state index in [-0.39, 0.29) is 0 Å². The van der Waals surface area contributed by atoms with Crippen molar-refractivity contribution in [2.75, 3.05) is 26.2 Å². The van der Waals surface area contributed by atoms with Crippen LogP contribution >= 0.6 is 0 Å². The van der Waals surface area contributed by atoms with E-state index >= 15 is 0 Å². The average molecular weight is 317 g/mol. The van der Waals surface area contributed by atoms with Gasteiger partial charge < -0.3 is 14.8 Å². The zero-order valence-electron chi connectivity index (χ0n) is 15.0. The minimum absolute atomic E-state index is 0.479. The van der Waals surface area contributed by atoms with Crippen LogP contribution in [0.2, 0.25) is 0 Å². The second kappa shape index (κ2) is 6.54. The smallest absolute Gasteiger partial charge is 0.193 e. The van der Waals surface area contributed by atoms with Gasteiger partial charge in [-0.3, -0.25) is 4.99 Å². The van der Waals surface area contributed by atoms with Crippen LogP contribution in [0.15, 0.2) is 23.7 Å². The zero-order chi connectivity index (χ0) is 16.4. The molecule has 0 spiro atoms. The van der Waals surface area contributed by atoms with Crippen LogP contribution < -0.4 is 5.32 Å². The van der Waals surface area contributed by atoms with Crippen molar-refractivity contribution in [2.24, 2.45) is 22.2 Å². The lowest BCUT2D eigenvalue weighted by molar-refractivity contribution is 0.189. The largest absolute Gasteiger partial charge is 0.357 e. The van der Waals surface area contributed by atoms with Crippen LogP contribution in [0.3, 0.4) is 0 Å². The number of hydrogen-bond acceptors (Lipinski definition) is 2. The number of guanidine groups is 1. The van der Waals surface area contributed by atoms with E-state index in [1.165, 1.54) is 12.8 Å². The third-order valence-corrected chi connectivity index (χ3v) is 5.64. The normalized spacial score (nSPS) is 30.3. The number of aromatic nitrogens is 2. The van der Waals surface area contributed by atoms with Crippen molar-refractivity contribution in [3.05, 3.63) is 18.7 Å². The fraction of sp³-hybridized carbons (Fsp3) is 0.778. The maximum atomic E-state index is 4.94. The van der Waals surface area contributed by atoms with Crippen LogP contribution in [-0.4, -0.2) is 46.6 Å². The summed E-state index contributed by atoms with van der Waals surface area (Å²) in [5.74, 6) is 2.52. The number of likely N-dealkylation sites (tertiary alicyclic amines) is 1. The third-order valence-electron chi connectivity index (χ3n) is 5.64. The van der Waals surface area contributed by atoms with Crippen molar-refractivity contribution >= 4 is 5.96 Å². The number of hydrogen-bond donors (Lipinski definition) is 1. The van der Waals surface area contributed by atoms with Gasteiger partial charge in [0.15, 0.2) is 5.96 Å². The van der Waals surface area contributed by atoms with Crippen molar-refractivity contribution in [1.82, 2.24) is 19.8 Å². The molecule has 0 bridgehead atoms. The van der Waals surface area contributed by atoms with Crippen LogP contribution in [0.25, 0.3) is 0 Å². The quantitative estimate of drug-likeness (QED) is 0.686. The molecule has 1 aromatic rings. The number of aliphatic imine (C=N–C) groups is 1. The second-order valence-electron chi connectivity index (χ2n) is 7.87. The average Bonchev–Trinajstić information content (AvgIpc) is 2.92. The van der Waals surface area contributed by atoms with Gasteiger partial charge in [0.2, 0.25) is 0 Å². The predicted octanol–water partition coefficient (Wildman–Crippen LogP) is 2.78. The SMILES string of the molecule is CCNC(=NCC1CC1(C)C)N1CCC(C)C(n2ccnc2)C1. The molecule has 1 N–H and O–H groups in total. The molecule has 5 nitrogen and oxygen atoms in total. The molecule has 23 heavy (non-hydrogen) atoms. The standard InChI is InChI=1S/C18H31N5/c1-5-20-17(21-11-15-10-18(15,3)4)22-8-6-14(2)16(12-22)23-9-7-19-13-23/h7,9,13-16H,5-6,8,10-12H2,1-4H3,(H,20,21). The first-order chi connectivity index (χ1) is 11.0. The van der Waals surface area contributed by atoms with Crippen LogP contribution in [0.5, 0.6) is 0 Å². The van der Waals surface area contributed by atoms with Gasteiger partial charge in [0.1, 0.15) is 0 Å². The molecule has 0 aromatic carbocycles. The Hall–Kier alpha value is -1.52. The molecule has 128 valence electrons. The molecule has 1 saturated heterocycles. The van der Waals surface area contributed by atoms with Crippen LogP contribution in [0.1, 0.15) is 46.6 Å². The summed E-state index contributed by atoms with van der Waals surface area (Å²) in [4.78, 5) is 11.6. The van der Waals surface area contributed by atoms with E-state index in [1.807, 2.05) is 12.5 Å². The van der Waals surface area contributed by atoms with Gasteiger partial charge in [-0.1, -0.05) is 20.8 Å². The minimum atomic E-state index is 0.479. The highest BCUT2D eigenvalue weighted by atomic mass is 15.3. The summed E-state index contributed by atoms with van der Waals surface area (Å²) in [6, 6.07) is 0.479. The first kappa shape index (κ1) is 16.3. The van der Waals surface area contributed by atoms with Crippen molar-refractivity contribution < 1.29 is 0 Å². The van der Waals surface area contributed by atoms with Crippen LogP contribution in [0.4, 0.5) is 0 Å². The van der Waals surface area contributed by atoms with E-state index in [2.05, 4.69) is 53.7 Å². The molecular weight excluding hydrogens is 286 g/mol. The molecule has 2 heterocycles. The lowest BCUT2D eigenvalue weighted by atomic mass is 9.93. The van der Waals surface area contributed by atoms with Crippen molar-refractivity contribution in [3.8, 4) is 0 Å². The lowest BCUT2D eigenvalue weighted by Crippen LogP contribution is -2.49. The van der Waals surface area contributed by atoms with E-state index in [4.69, 9.17) is 4.99 Å². The predicted molar refractivity (Wildman–Crippen MR) is 94.5 cm³/mol. The Labute approximate surface area is 140 Å². The van der Waals surface area contributed by atoms with Crippen molar-refractivity contribution in [3.63, 3.8) is 0 Å². The molecule has 1 aliphatic carbocycles. The Balaban J connectivity index is 1.68. The van der Waals surface area contributed by atoms with Gasteiger partial charge in [0.25, 0.3) is 0 Å². The fourth-order valence-electron chi connectivity index (χ4n) is 3.61. The number of piperidine rings is 1. The van der Waals surface area contributed by atoms with Gasteiger partial charge in [0.05, 0.1) is 12.4 Å². The topological polar surface area (TPSA) is 45.5 Å². The molecule has 3 rings (SSSR count). The maximum Gasteiger partial charge on any atom is 0.193 e. The van der Waals surface area contributed by atoms with E-state index in [0.29, 0.717) is 17.4 Å². The highest BCUT2D eigenvalue weighted by molar-refractivity contribution is 5.80. The first-order valence-corrected chi connectivity index (χ1v) is 9.02. The Morgan fingerprint density at radius 3 is 2.83 bits per heavy atom. The van der Waals surface area contributed by atoms with E-state index in [0.717, 1.165) is 38.1 Å². The zero-order valence-corrected chi connectivity index (χ0v) is 15.0. The highest BCUT2D eigenvalue weighted by Gasteiger charge is 2.45. The van der Waals surface area contributed by atoms with Gasteiger partial charge >= 0.3 is 0 Å². The van der Waals surface area contributed by atoms with Crippen LogP contribution in [0, 0.1) is 17.3 Å². The number of nitrogens with zero attached hydrogens (tertiary/aromatic N) is 4. The summed E-state index contributed by atoms with van der Waals surface area (Å²) >= 11 is 0. The number of imidazole rings is 1. The number of rotatable bonds is 4. The van der Waals surface area contributed by atoms with Crippen molar-refractivity contribution in [2.45, 2.75) is 46.6 Å². The first-order valence-electron chi connectivity index (χ1n) is 9.02. The molecule has 2 aliphatic rings. The van der Waals surface area contributed by atoms with Crippen LogP contribution in [-0.2, 0) is 0 Å². The highest BCUT2D eigenvalue weighted by Crippen LogP contribution is 2.51. The van der Waals surface area contributed by atoms with Crippen molar-refractivity contribution in [1.29, 1.82) is 0 Å². The molecule has 2 fully saturated rings. The Bertz CT molecular complexity index is 534. The maximum absolute atomic E-state index is 4.94. The molecule has 3 unspecified atom stereocenters. The molecule has 5 heteroatoms. The van der Waals surface area contributed by atoms with Gasteiger partial charge in [-0.15, -0.1) is 0 Å². The molecular formula is C18H31N5. The van der Waals surface area contributed by atoms with Gasteiger partial charge in [0, 0.05) is 38.6 Å². The van der Waals surface area contributed by atoms with E-state index < -0.39 is 0 Å². The monoisotopic (exact) mass is 317 g/mol. The molecule has 1 aromatic heterocycles. The Morgan fingerprint density at radius 2 is 2.22 bits per heavy atom. The molecule has 0 amide bonds. The Kier molecular flexibility index (Phi) is 4.64. The summed E-state index contributed by atoms with van der Waals surface area (Å²) in [5, 5.41) is 3.49. The Morgan fingerprint density at radius 1 is 1.43 bits per heavy atom. The summed E-state index contributed by atoms with van der Waals surface area (Å²) in [5.41, 5.74) is 0.497. The van der Waals surface area contributed by atoms with E-state index in [1.54, 1.807) is 0 Å². The summed E-state index contributed by atoms with van der Waals surface area (Å²) < 4.78 is 2.25.